The number of hydrogen-bond acceptors (Lipinski definition) is 6. The standard InChI is InChI=1S/C77H118O6/c1-4-7-10-13-16-19-22-25-28-30-32-34-36-37-38-39-41-42-44-46-49-52-55-58-61-64-67-70-76(79)82-73-74(72-81-75(78)69-66-63-60-57-54-51-48-27-24-21-18-15-12-9-6-3)83-77(80)71-68-65-62-59-56-53-50-47-45-43-40-35-33-31-29-26-23-20-17-14-11-8-5-2/h7-12,16-21,25-29,32-35,37-38,41-43,45,48,54,57,63,66,74H,4-6,13-15,22-24,30-31,36,39-40,44,46-47,49-53,55-56,58-62,64-65,67-73H2,1-3H3/b10-7-,11-8-,12-9-,19-16-,20-17-,21-18-,28-25-,29-26-,34-32-,35-33-,38-37-,42-41-,45-43-,48-27-,57-54-,66-63-. The second-order valence-electron chi connectivity index (χ2n) is 20.9. The van der Waals surface area contributed by atoms with Gasteiger partial charge in [0.15, 0.2) is 6.10 Å². The van der Waals surface area contributed by atoms with E-state index in [4.69, 9.17) is 14.2 Å². The van der Waals surface area contributed by atoms with Gasteiger partial charge in [0.25, 0.3) is 0 Å². The summed E-state index contributed by atoms with van der Waals surface area (Å²) in [5, 5.41) is 0. The molecule has 83 heavy (non-hydrogen) atoms. The Morgan fingerprint density at radius 2 is 0.482 bits per heavy atom. The highest BCUT2D eigenvalue weighted by atomic mass is 16.6. The van der Waals surface area contributed by atoms with Crippen LogP contribution in [0.4, 0.5) is 0 Å². The molecule has 0 aromatic carbocycles. The molecule has 0 saturated carbocycles. The van der Waals surface area contributed by atoms with E-state index >= 15 is 0 Å². The van der Waals surface area contributed by atoms with E-state index in [1.165, 1.54) is 51.4 Å². The highest BCUT2D eigenvalue weighted by molar-refractivity contribution is 5.72. The molecular weight excluding hydrogens is 1020 g/mol. The van der Waals surface area contributed by atoms with Crippen LogP contribution < -0.4 is 0 Å². The molecule has 0 amide bonds. The summed E-state index contributed by atoms with van der Waals surface area (Å²) >= 11 is 0. The Bertz CT molecular complexity index is 1990. The number of ether oxygens (including phenoxy) is 3. The molecule has 0 fully saturated rings. The molecule has 0 bridgehead atoms. The van der Waals surface area contributed by atoms with Gasteiger partial charge in [-0.3, -0.25) is 14.4 Å². The number of carbonyl (C=O) groups excluding carboxylic acids is 3. The molecule has 0 aromatic rings. The van der Waals surface area contributed by atoms with Crippen molar-refractivity contribution in [3.63, 3.8) is 0 Å². The largest absolute Gasteiger partial charge is 0.462 e. The molecule has 0 aliphatic heterocycles. The summed E-state index contributed by atoms with van der Waals surface area (Å²) in [5.74, 6) is -1.09. The molecule has 0 aromatic heterocycles. The number of carbonyl (C=O) groups is 3. The molecule has 1 atom stereocenters. The first-order valence-corrected chi connectivity index (χ1v) is 32.9. The third-order valence-corrected chi connectivity index (χ3v) is 13.1. The number of rotatable bonds is 57. The van der Waals surface area contributed by atoms with Crippen LogP contribution in [0.5, 0.6) is 0 Å². The van der Waals surface area contributed by atoms with Crippen molar-refractivity contribution in [3.05, 3.63) is 194 Å². The molecule has 0 aliphatic rings. The molecule has 0 N–H and O–H groups in total. The van der Waals surface area contributed by atoms with Gasteiger partial charge in [-0.25, -0.2) is 0 Å². The fourth-order valence-corrected chi connectivity index (χ4v) is 8.31. The maximum Gasteiger partial charge on any atom is 0.309 e. The summed E-state index contributed by atoms with van der Waals surface area (Å²) in [7, 11) is 0. The summed E-state index contributed by atoms with van der Waals surface area (Å²) < 4.78 is 16.8. The minimum Gasteiger partial charge on any atom is -0.462 e. The molecular formula is C77H118O6. The van der Waals surface area contributed by atoms with Crippen molar-refractivity contribution < 1.29 is 28.6 Å². The van der Waals surface area contributed by atoms with Crippen molar-refractivity contribution in [1.29, 1.82) is 0 Å². The molecule has 0 spiro atoms. The van der Waals surface area contributed by atoms with Gasteiger partial charge in [-0.15, -0.1) is 0 Å². The summed E-state index contributed by atoms with van der Waals surface area (Å²) in [5.41, 5.74) is 0. The van der Waals surface area contributed by atoms with E-state index in [1.54, 1.807) is 6.08 Å². The predicted octanol–water partition coefficient (Wildman–Crippen LogP) is 23.0. The van der Waals surface area contributed by atoms with Crippen molar-refractivity contribution in [3.8, 4) is 0 Å². The molecule has 6 heteroatoms. The van der Waals surface area contributed by atoms with Gasteiger partial charge in [0.2, 0.25) is 0 Å². The lowest BCUT2D eigenvalue weighted by Gasteiger charge is -2.18. The Hall–Kier alpha value is -5.75. The van der Waals surface area contributed by atoms with Crippen LogP contribution in [0.2, 0.25) is 0 Å². The molecule has 6 nitrogen and oxygen atoms in total. The predicted molar refractivity (Wildman–Crippen MR) is 361 cm³/mol. The van der Waals surface area contributed by atoms with Crippen molar-refractivity contribution in [1.82, 2.24) is 0 Å². The van der Waals surface area contributed by atoms with Crippen molar-refractivity contribution in [2.24, 2.45) is 0 Å². The SMILES string of the molecule is CC/C=C\C/C=C\C/C=C\C/C=C\C/C=C\C/C=C\CCCCCCCCCCC(=O)OCC(COC(=O)C/C=C\C/C=C\C/C=C\C/C=C\C/C=C\CC)OC(=O)CCCCCCCCC/C=C\C/C=C\C/C=C\C/C=C\C/C=C\CC. The first-order chi connectivity index (χ1) is 41.0. The molecule has 0 heterocycles. The summed E-state index contributed by atoms with van der Waals surface area (Å²) in [4.78, 5) is 38.3. The van der Waals surface area contributed by atoms with Crippen LogP contribution in [0.15, 0.2) is 194 Å². The van der Waals surface area contributed by atoms with E-state index in [0.717, 1.165) is 161 Å². The van der Waals surface area contributed by atoms with Crippen LogP contribution in [0, 0.1) is 0 Å². The third kappa shape index (κ3) is 66.9. The Balaban J connectivity index is 4.50. The normalized spacial score (nSPS) is 13.4. The van der Waals surface area contributed by atoms with Crippen molar-refractivity contribution in [2.45, 2.75) is 258 Å². The van der Waals surface area contributed by atoms with E-state index in [2.05, 4.69) is 203 Å². The quantitative estimate of drug-likeness (QED) is 0.0261. The summed E-state index contributed by atoms with van der Waals surface area (Å²) in [6.07, 6.45) is 105. The molecule has 462 valence electrons. The lowest BCUT2D eigenvalue weighted by molar-refractivity contribution is -0.166. The summed E-state index contributed by atoms with van der Waals surface area (Å²) in [6.45, 7) is 6.18. The lowest BCUT2D eigenvalue weighted by Crippen LogP contribution is -2.30. The number of unbranched alkanes of at least 4 members (excludes halogenated alkanes) is 15. The van der Waals surface area contributed by atoms with E-state index in [9.17, 15) is 14.4 Å². The maximum absolute atomic E-state index is 12.9. The highest BCUT2D eigenvalue weighted by Crippen LogP contribution is 2.14. The number of hydrogen-bond donors (Lipinski definition) is 0. The fraction of sp³-hybridized carbons (Fsp3) is 0.545. The molecule has 0 aliphatic carbocycles. The van der Waals surface area contributed by atoms with Gasteiger partial charge >= 0.3 is 17.9 Å². The number of allylic oxidation sites excluding steroid dienone is 31. The average Bonchev–Trinajstić information content (AvgIpc) is 3.49. The molecule has 0 saturated heterocycles. The zero-order valence-corrected chi connectivity index (χ0v) is 52.9. The van der Waals surface area contributed by atoms with E-state index in [1.807, 2.05) is 6.08 Å². The van der Waals surface area contributed by atoms with Crippen LogP contribution in [0.25, 0.3) is 0 Å². The third-order valence-electron chi connectivity index (χ3n) is 13.1. The first kappa shape index (κ1) is 77.2. The topological polar surface area (TPSA) is 78.9 Å². The van der Waals surface area contributed by atoms with Gasteiger partial charge < -0.3 is 14.2 Å². The monoisotopic (exact) mass is 1140 g/mol. The second-order valence-corrected chi connectivity index (χ2v) is 20.9. The smallest absolute Gasteiger partial charge is 0.309 e. The second kappa shape index (κ2) is 68.7. The van der Waals surface area contributed by atoms with Crippen LogP contribution in [0.3, 0.4) is 0 Å². The highest BCUT2D eigenvalue weighted by Gasteiger charge is 2.19. The maximum atomic E-state index is 12.9. The number of esters is 3. The minimum absolute atomic E-state index is 0.113. The zero-order valence-electron chi connectivity index (χ0n) is 52.9. The fourth-order valence-electron chi connectivity index (χ4n) is 8.31. The van der Waals surface area contributed by atoms with Crippen molar-refractivity contribution in [2.75, 3.05) is 13.2 Å². The summed E-state index contributed by atoms with van der Waals surface area (Å²) in [6, 6.07) is 0. The van der Waals surface area contributed by atoms with Gasteiger partial charge in [0.1, 0.15) is 13.2 Å². The lowest BCUT2D eigenvalue weighted by atomic mass is 10.1. The van der Waals surface area contributed by atoms with Gasteiger partial charge in [0, 0.05) is 12.8 Å². The van der Waals surface area contributed by atoms with Gasteiger partial charge in [-0.05, 0) is 141 Å². The Morgan fingerprint density at radius 3 is 0.783 bits per heavy atom. The average molecular weight is 1140 g/mol. The molecule has 0 radical (unpaired) electrons. The van der Waals surface area contributed by atoms with E-state index in [0.29, 0.717) is 6.42 Å². The van der Waals surface area contributed by atoms with Crippen LogP contribution >= 0.6 is 0 Å². The van der Waals surface area contributed by atoms with E-state index in [-0.39, 0.29) is 38.0 Å². The van der Waals surface area contributed by atoms with Gasteiger partial charge in [-0.1, -0.05) is 286 Å². The zero-order chi connectivity index (χ0) is 59.9. The van der Waals surface area contributed by atoms with Gasteiger partial charge in [0.05, 0.1) is 6.42 Å². The van der Waals surface area contributed by atoms with E-state index < -0.39 is 12.1 Å². The van der Waals surface area contributed by atoms with Crippen molar-refractivity contribution >= 4 is 17.9 Å². The van der Waals surface area contributed by atoms with Gasteiger partial charge in [-0.2, -0.15) is 0 Å². The van der Waals surface area contributed by atoms with Crippen LogP contribution in [0.1, 0.15) is 252 Å². The van der Waals surface area contributed by atoms with Crippen LogP contribution in [-0.4, -0.2) is 37.2 Å². The van der Waals surface area contributed by atoms with Crippen LogP contribution in [-0.2, 0) is 28.6 Å². The first-order valence-electron chi connectivity index (χ1n) is 32.9. The Labute approximate surface area is 509 Å². The molecule has 1 unspecified atom stereocenters. The Morgan fingerprint density at radius 1 is 0.253 bits per heavy atom. The minimum atomic E-state index is -0.842. The Kier molecular flexibility index (Phi) is 64.0. The molecule has 0 rings (SSSR count).